The molecule has 0 aliphatic heterocycles. The van der Waals surface area contributed by atoms with Gasteiger partial charge in [0.2, 0.25) is 0 Å². The minimum atomic E-state index is 0.262. The van der Waals surface area contributed by atoms with Crippen molar-refractivity contribution in [2.75, 3.05) is 6.54 Å². The van der Waals surface area contributed by atoms with Crippen molar-refractivity contribution in [3.63, 3.8) is 0 Å². The third-order valence-corrected chi connectivity index (χ3v) is 4.94. The fourth-order valence-corrected chi connectivity index (χ4v) is 3.93. The van der Waals surface area contributed by atoms with Crippen LogP contribution in [0.4, 0.5) is 0 Å². The summed E-state index contributed by atoms with van der Waals surface area (Å²) in [5.74, 6) is 0. The number of benzene rings is 2. The largest absolute Gasteiger partial charge is 0.306 e. The van der Waals surface area contributed by atoms with Crippen molar-refractivity contribution in [3.05, 3.63) is 70.1 Å². The highest BCUT2D eigenvalue weighted by Gasteiger charge is 2.18. The third-order valence-electron chi connectivity index (χ3n) is 3.96. The molecule has 3 aromatic rings. The zero-order valence-electron chi connectivity index (χ0n) is 12.8. The Bertz CT molecular complexity index is 757. The van der Waals surface area contributed by atoms with E-state index >= 15 is 0 Å². The molecule has 21 heavy (non-hydrogen) atoms. The van der Waals surface area contributed by atoms with Gasteiger partial charge < -0.3 is 5.32 Å². The van der Waals surface area contributed by atoms with Crippen LogP contribution in [0.1, 0.15) is 35.2 Å². The lowest BCUT2D eigenvalue weighted by atomic mass is 9.93. The summed E-state index contributed by atoms with van der Waals surface area (Å²) < 4.78 is 1.39. The Morgan fingerprint density at radius 3 is 2.67 bits per heavy atom. The summed E-state index contributed by atoms with van der Waals surface area (Å²) in [5.41, 5.74) is 5.44. The van der Waals surface area contributed by atoms with Crippen molar-refractivity contribution in [3.8, 4) is 0 Å². The smallest absolute Gasteiger partial charge is 0.0593 e. The molecule has 1 nitrogen and oxygen atoms in total. The third kappa shape index (κ3) is 2.74. The molecule has 0 radical (unpaired) electrons. The van der Waals surface area contributed by atoms with Crippen molar-refractivity contribution in [2.45, 2.75) is 26.8 Å². The molecule has 0 spiro atoms. The van der Waals surface area contributed by atoms with Crippen molar-refractivity contribution in [2.24, 2.45) is 0 Å². The molecule has 1 unspecified atom stereocenters. The lowest BCUT2D eigenvalue weighted by Crippen LogP contribution is -2.22. The number of fused-ring (bicyclic) bond motifs is 1. The summed E-state index contributed by atoms with van der Waals surface area (Å²) in [7, 11) is 0. The van der Waals surface area contributed by atoms with Gasteiger partial charge in [0, 0.05) is 4.70 Å². The van der Waals surface area contributed by atoms with Gasteiger partial charge in [0.05, 0.1) is 6.04 Å². The van der Waals surface area contributed by atoms with Gasteiger partial charge in [-0.15, -0.1) is 11.3 Å². The Balaban J connectivity index is 2.15. The summed E-state index contributed by atoms with van der Waals surface area (Å²) in [4.78, 5) is 0. The monoisotopic (exact) mass is 295 g/mol. The van der Waals surface area contributed by atoms with E-state index in [-0.39, 0.29) is 6.04 Å². The van der Waals surface area contributed by atoms with Crippen LogP contribution in [0.3, 0.4) is 0 Å². The number of aryl methyl sites for hydroxylation is 2. The number of thiophene rings is 1. The summed E-state index contributed by atoms with van der Waals surface area (Å²) in [5, 5.41) is 7.18. The molecule has 1 atom stereocenters. The van der Waals surface area contributed by atoms with Crippen molar-refractivity contribution in [1.82, 2.24) is 5.32 Å². The summed E-state index contributed by atoms with van der Waals surface area (Å²) in [6, 6.07) is 15.8. The predicted octanol–water partition coefficient (Wildman–Crippen LogP) is 5.22. The first-order chi connectivity index (χ1) is 10.2. The molecule has 2 aromatic carbocycles. The quantitative estimate of drug-likeness (QED) is 0.696. The van der Waals surface area contributed by atoms with Gasteiger partial charge in [0.15, 0.2) is 0 Å². The van der Waals surface area contributed by atoms with Gasteiger partial charge in [-0.25, -0.2) is 0 Å². The van der Waals surface area contributed by atoms with E-state index in [0.717, 1.165) is 6.54 Å². The molecule has 0 fully saturated rings. The highest BCUT2D eigenvalue weighted by atomic mass is 32.1. The van der Waals surface area contributed by atoms with Crippen LogP contribution in [-0.2, 0) is 0 Å². The first-order valence-corrected chi connectivity index (χ1v) is 8.35. The molecule has 0 saturated carbocycles. The van der Waals surface area contributed by atoms with Crippen molar-refractivity contribution >= 4 is 21.4 Å². The first-order valence-electron chi connectivity index (χ1n) is 7.47. The average molecular weight is 295 g/mol. The van der Waals surface area contributed by atoms with Gasteiger partial charge in [-0.05, 0) is 53.9 Å². The van der Waals surface area contributed by atoms with Crippen LogP contribution in [-0.4, -0.2) is 6.54 Å². The maximum absolute atomic E-state index is 3.66. The van der Waals surface area contributed by atoms with E-state index in [1.165, 1.54) is 32.3 Å². The van der Waals surface area contributed by atoms with E-state index in [4.69, 9.17) is 0 Å². The van der Waals surface area contributed by atoms with Crippen molar-refractivity contribution in [1.29, 1.82) is 0 Å². The molecule has 0 amide bonds. The Hall–Kier alpha value is -1.64. The molecule has 1 N–H and O–H groups in total. The molecule has 2 heteroatoms. The molecule has 0 aliphatic carbocycles. The highest BCUT2D eigenvalue weighted by Crippen LogP contribution is 2.33. The lowest BCUT2D eigenvalue weighted by molar-refractivity contribution is 0.632. The summed E-state index contributed by atoms with van der Waals surface area (Å²) >= 11 is 1.83. The number of rotatable bonds is 4. The fourth-order valence-electron chi connectivity index (χ4n) is 2.98. The molecule has 1 aromatic heterocycles. The van der Waals surface area contributed by atoms with Crippen LogP contribution in [0.25, 0.3) is 10.1 Å². The molecule has 0 saturated heterocycles. The topological polar surface area (TPSA) is 12.0 Å². The van der Waals surface area contributed by atoms with Gasteiger partial charge >= 0.3 is 0 Å². The van der Waals surface area contributed by atoms with Crippen molar-refractivity contribution < 1.29 is 0 Å². The van der Waals surface area contributed by atoms with Gasteiger partial charge in [-0.3, -0.25) is 0 Å². The zero-order chi connectivity index (χ0) is 14.8. The minimum absolute atomic E-state index is 0.262. The maximum Gasteiger partial charge on any atom is 0.0593 e. The second kappa shape index (κ2) is 6.00. The molecule has 0 bridgehead atoms. The van der Waals surface area contributed by atoms with E-state index in [0.29, 0.717) is 0 Å². The van der Waals surface area contributed by atoms with Crippen LogP contribution < -0.4 is 5.32 Å². The molecular weight excluding hydrogens is 274 g/mol. The second-order valence-electron chi connectivity index (χ2n) is 5.54. The lowest BCUT2D eigenvalue weighted by Gasteiger charge is -2.22. The molecule has 0 aliphatic rings. The van der Waals surface area contributed by atoms with E-state index in [2.05, 4.69) is 73.9 Å². The highest BCUT2D eigenvalue weighted by molar-refractivity contribution is 7.17. The van der Waals surface area contributed by atoms with E-state index in [9.17, 15) is 0 Å². The molecule has 1 heterocycles. The zero-order valence-corrected chi connectivity index (χ0v) is 13.6. The number of nitrogens with one attached hydrogen (secondary N) is 1. The minimum Gasteiger partial charge on any atom is -0.306 e. The van der Waals surface area contributed by atoms with Gasteiger partial charge in [0.1, 0.15) is 0 Å². The Labute approximate surface area is 130 Å². The van der Waals surface area contributed by atoms with Crippen LogP contribution in [0.5, 0.6) is 0 Å². The maximum atomic E-state index is 3.66. The number of hydrogen-bond donors (Lipinski definition) is 1. The van der Waals surface area contributed by atoms with Gasteiger partial charge in [-0.2, -0.15) is 0 Å². The molecule has 3 rings (SSSR count). The number of hydrogen-bond acceptors (Lipinski definition) is 2. The SMILES string of the molecule is CCNC(c1ccc(C)cc1C)c1cccc2ccsc12. The second-order valence-corrected chi connectivity index (χ2v) is 6.45. The standard InChI is InChI=1S/C19H21NS/c1-4-20-18(16-9-8-13(2)12-14(16)3)17-7-5-6-15-10-11-21-19(15)17/h5-12,18,20H,4H2,1-3H3. The van der Waals surface area contributed by atoms with Crippen LogP contribution in [0, 0.1) is 13.8 Å². The first kappa shape index (κ1) is 14.3. The predicted molar refractivity (Wildman–Crippen MR) is 93.3 cm³/mol. The average Bonchev–Trinajstić information content (AvgIpc) is 2.94. The van der Waals surface area contributed by atoms with Gasteiger partial charge in [-0.1, -0.05) is 48.9 Å². The summed E-state index contributed by atoms with van der Waals surface area (Å²) in [6.45, 7) is 7.49. The Morgan fingerprint density at radius 1 is 1.05 bits per heavy atom. The van der Waals surface area contributed by atoms with E-state index < -0.39 is 0 Å². The van der Waals surface area contributed by atoms with Crippen LogP contribution in [0.2, 0.25) is 0 Å². The van der Waals surface area contributed by atoms with Crippen LogP contribution >= 0.6 is 11.3 Å². The summed E-state index contributed by atoms with van der Waals surface area (Å²) in [6.07, 6.45) is 0. The van der Waals surface area contributed by atoms with Crippen LogP contribution in [0.15, 0.2) is 47.8 Å². The Kier molecular flexibility index (Phi) is 4.09. The van der Waals surface area contributed by atoms with E-state index in [1.54, 1.807) is 0 Å². The molecule has 108 valence electrons. The normalized spacial score (nSPS) is 12.7. The fraction of sp³-hybridized carbons (Fsp3) is 0.263. The van der Waals surface area contributed by atoms with Gasteiger partial charge in [0.25, 0.3) is 0 Å². The van der Waals surface area contributed by atoms with E-state index in [1.807, 2.05) is 11.3 Å². The Morgan fingerprint density at radius 2 is 1.90 bits per heavy atom. The molecular formula is C19H21NS.